The van der Waals surface area contributed by atoms with Crippen LogP contribution in [0.15, 0.2) is 168 Å². The maximum Gasteiger partial charge on any atom is 0.349 e. The molecule has 0 aliphatic carbocycles. The summed E-state index contributed by atoms with van der Waals surface area (Å²) in [6.07, 6.45) is -0.281. The van der Waals surface area contributed by atoms with E-state index in [2.05, 4.69) is 26.3 Å². The molecule has 0 aromatic heterocycles. The highest BCUT2D eigenvalue weighted by molar-refractivity contribution is 6.46. The molecular formula is C92H92Cl4N4O18. The molecule has 0 saturated carbocycles. The third kappa shape index (κ3) is 18.8. The minimum atomic E-state index is -1.63. The van der Waals surface area contributed by atoms with Crippen molar-refractivity contribution in [3.63, 3.8) is 0 Å². The second-order valence-electron chi connectivity index (χ2n) is 31.1. The number of hydrogen-bond donors (Lipinski definition) is 0. The Morgan fingerprint density at radius 1 is 0.322 bits per heavy atom. The molecule has 0 saturated heterocycles. The summed E-state index contributed by atoms with van der Waals surface area (Å²) in [4.78, 5) is 154. The Balaban J connectivity index is 1.29. The van der Waals surface area contributed by atoms with Crippen LogP contribution in [-0.4, -0.2) is 144 Å². The molecule has 2 atom stereocenters. The molecule has 6 amide bonds. The minimum Gasteiger partial charge on any atom is -0.460 e. The van der Waals surface area contributed by atoms with Crippen molar-refractivity contribution in [2.24, 2.45) is 11.8 Å². The van der Waals surface area contributed by atoms with Crippen molar-refractivity contribution < 1.29 is 85.8 Å². The SMILES string of the molecule is C=C(Cl)C(=O)OCCN(CCOC(=O)C(=C)Cl)C(=O)C(CC(C)C)N1C(=O)c2cc(Oc3ccc(C(C)C)cc3)c3c4c(Oc5ccc(C(C)C)cc5)cc5c6c(cc(Oc7ccc(C(C)C)cc7)c(c7c(Oc8ccc(C(C)C)cc8)cc(c2c37)C1=O)c64)C(=O)N(C(CC(C)C)C(=O)N(CCOC(=O)C(=C)Cl)CCOC(=O)C(=C)Cl)C5=O. The second-order valence-corrected chi connectivity index (χ2v) is 32.9. The van der Waals surface area contributed by atoms with Crippen LogP contribution in [0.25, 0.3) is 43.1 Å². The standard InChI is InChI=1S/C92H92Cl4N4O18/c1-47(2)41-69(87(105)97(33-37-111-89(107)53(13)93)34-38-112-90(108)54(14)94)99-83(101)65-43-71(115-61-25-17-57(18-26-61)49(5)6)77-79-73(117-63-29-21-59(22-30-63)51(9)10)45-67-76-68(86(104)100(85(67)103)70(42-48(3)4)88(106)98(35-39-113-91(109)55(15)95)36-40-114-92(110)56(16)96)46-74(118-64-31-23-60(24-32-64)52(11)12)80(82(76)79)78-72(44-66(84(99)102)75(65)81(77)78)116-62-27-19-58(20-28-62)50(7)8/h17-32,43-52,69-70H,13-16,33-42H2,1-12H3. The Kier molecular flexibility index (Phi) is 27.5. The predicted molar refractivity (Wildman–Crippen MR) is 455 cm³/mol. The number of amides is 6. The highest BCUT2D eigenvalue weighted by Gasteiger charge is 2.48. The van der Waals surface area contributed by atoms with Gasteiger partial charge in [-0.1, -0.05) is 204 Å². The summed E-state index contributed by atoms with van der Waals surface area (Å²) in [5.74, 6) is -9.03. The lowest BCUT2D eigenvalue weighted by molar-refractivity contribution is -0.145. The second kappa shape index (κ2) is 37.1. The van der Waals surface area contributed by atoms with Crippen LogP contribution in [0.4, 0.5) is 0 Å². The summed E-state index contributed by atoms with van der Waals surface area (Å²) < 4.78 is 50.7. The first-order chi connectivity index (χ1) is 56.0. The first-order valence-corrected chi connectivity index (χ1v) is 40.3. The van der Waals surface area contributed by atoms with Crippen LogP contribution in [-0.2, 0) is 47.7 Å². The Labute approximate surface area is 704 Å². The number of esters is 4. The number of imide groups is 2. The zero-order valence-corrected chi connectivity index (χ0v) is 70.7. The van der Waals surface area contributed by atoms with E-state index in [4.69, 9.17) is 84.3 Å². The number of ether oxygens (including phenoxy) is 8. The van der Waals surface area contributed by atoms with Crippen molar-refractivity contribution in [2.45, 2.75) is 132 Å². The average molecular weight is 1680 g/mol. The monoisotopic (exact) mass is 1680 g/mol. The number of rotatable bonds is 36. The molecule has 26 heteroatoms. The zero-order valence-electron chi connectivity index (χ0n) is 67.7. The highest BCUT2D eigenvalue weighted by atomic mass is 35.5. The molecule has 2 aliphatic rings. The predicted octanol–water partition coefficient (Wildman–Crippen LogP) is 20.3. The summed E-state index contributed by atoms with van der Waals surface area (Å²) in [7, 11) is 0. The molecule has 0 fully saturated rings. The molecule has 0 N–H and O–H groups in total. The van der Waals surface area contributed by atoms with Crippen molar-refractivity contribution in [3.8, 4) is 46.0 Å². The molecule has 0 radical (unpaired) electrons. The maximum atomic E-state index is 16.7. The summed E-state index contributed by atoms with van der Waals surface area (Å²) in [6.45, 7) is 34.0. The lowest BCUT2D eigenvalue weighted by Gasteiger charge is -2.38. The van der Waals surface area contributed by atoms with Gasteiger partial charge in [0.15, 0.2) is 0 Å². The number of fused-ring (bicyclic) bond motifs is 2. The summed E-state index contributed by atoms with van der Waals surface area (Å²) in [5.41, 5.74) is 3.26. The van der Waals surface area contributed by atoms with Gasteiger partial charge in [-0.25, -0.2) is 19.2 Å². The Hall–Kier alpha value is -11.3. The molecular weight excluding hydrogens is 1590 g/mol. The molecule has 0 spiro atoms. The fourth-order valence-electron chi connectivity index (χ4n) is 14.5. The van der Waals surface area contributed by atoms with E-state index < -0.39 is 130 Å². The van der Waals surface area contributed by atoms with Gasteiger partial charge in [-0.05, 0) is 143 Å². The van der Waals surface area contributed by atoms with E-state index in [9.17, 15) is 19.2 Å². The van der Waals surface area contributed by atoms with Crippen molar-refractivity contribution in [2.75, 3.05) is 52.6 Å². The maximum absolute atomic E-state index is 16.7. The van der Waals surface area contributed by atoms with E-state index in [1.807, 2.05) is 104 Å². The fraction of sp³-hybridized carbons (Fsp3) is 0.326. The molecule has 22 nitrogen and oxygen atoms in total. The van der Waals surface area contributed by atoms with Gasteiger partial charge in [0.1, 0.15) is 105 Å². The summed E-state index contributed by atoms with van der Waals surface area (Å²) in [5, 5.41) is -0.685. The lowest BCUT2D eigenvalue weighted by atomic mass is 9.80. The van der Waals surface area contributed by atoms with E-state index in [1.54, 1.807) is 76.2 Å². The van der Waals surface area contributed by atoms with Gasteiger partial charge in [0, 0.05) is 43.1 Å². The minimum absolute atomic E-state index is 0.0372. The quantitative estimate of drug-likeness (QED) is 0.00882. The molecule has 2 heterocycles. The van der Waals surface area contributed by atoms with Crippen LogP contribution in [0.3, 0.4) is 0 Å². The van der Waals surface area contributed by atoms with Crippen LogP contribution >= 0.6 is 46.4 Å². The lowest BCUT2D eigenvalue weighted by Crippen LogP contribution is -2.56. The van der Waals surface area contributed by atoms with E-state index >= 15 is 28.8 Å². The summed E-state index contributed by atoms with van der Waals surface area (Å²) >= 11 is 23.7. The topological polar surface area (TPSA) is 258 Å². The van der Waals surface area contributed by atoms with Gasteiger partial charge in [0.05, 0.1) is 48.4 Å². The Bertz CT molecular complexity index is 4880. The molecule has 118 heavy (non-hydrogen) atoms. The van der Waals surface area contributed by atoms with E-state index in [0.717, 1.165) is 32.1 Å². The van der Waals surface area contributed by atoms with Gasteiger partial charge in [-0.2, -0.15) is 0 Å². The van der Waals surface area contributed by atoms with Gasteiger partial charge >= 0.3 is 23.9 Å². The molecule has 9 aromatic carbocycles. The smallest absolute Gasteiger partial charge is 0.349 e. The van der Waals surface area contributed by atoms with Gasteiger partial charge in [-0.15, -0.1) is 0 Å². The molecule has 9 aromatic rings. The third-order valence-corrected chi connectivity index (χ3v) is 21.1. The Morgan fingerprint density at radius 2 is 0.525 bits per heavy atom. The van der Waals surface area contributed by atoms with Gasteiger partial charge in [-0.3, -0.25) is 38.6 Å². The van der Waals surface area contributed by atoms with Crippen molar-refractivity contribution in [1.82, 2.24) is 19.6 Å². The van der Waals surface area contributed by atoms with Crippen molar-refractivity contribution in [1.29, 1.82) is 0 Å². The van der Waals surface area contributed by atoms with Crippen LogP contribution in [0.5, 0.6) is 46.0 Å². The number of halogens is 4. The average Bonchev–Trinajstić information content (AvgIpc) is 0.669. The third-order valence-electron chi connectivity index (χ3n) is 20.5. The number of carbonyl (C=O) groups excluding carboxylic acids is 10. The van der Waals surface area contributed by atoms with Crippen LogP contribution in [0.2, 0.25) is 0 Å². The van der Waals surface area contributed by atoms with Crippen molar-refractivity contribution >= 4 is 149 Å². The molecule has 11 rings (SSSR count). The number of nitrogens with zero attached hydrogens (tertiary/aromatic N) is 4. The largest absolute Gasteiger partial charge is 0.460 e. The Morgan fingerprint density at radius 3 is 0.703 bits per heavy atom. The molecule has 0 bridgehead atoms. The van der Waals surface area contributed by atoms with Crippen LogP contribution < -0.4 is 18.9 Å². The van der Waals surface area contributed by atoms with Gasteiger partial charge in [0.25, 0.3) is 23.6 Å². The van der Waals surface area contributed by atoms with Crippen LogP contribution in [0.1, 0.15) is 183 Å². The highest BCUT2D eigenvalue weighted by Crippen LogP contribution is 2.58. The van der Waals surface area contributed by atoms with Gasteiger partial charge in [0.2, 0.25) is 11.8 Å². The fourth-order valence-corrected chi connectivity index (χ4v) is 14.8. The van der Waals surface area contributed by atoms with E-state index in [-0.39, 0.29) is 174 Å². The van der Waals surface area contributed by atoms with E-state index in [0.29, 0.717) is 0 Å². The molecule has 2 aliphatic heterocycles. The first-order valence-electron chi connectivity index (χ1n) is 38.8. The number of hydrogen-bond acceptors (Lipinski definition) is 18. The number of carbonyl (C=O) groups is 10. The first kappa shape index (κ1) is 87.5. The van der Waals surface area contributed by atoms with Gasteiger partial charge < -0.3 is 47.7 Å². The molecule has 616 valence electrons. The normalized spacial score (nSPS) is 13.2. The van der Waals surface area contributed by atoms with Crippen LogP contribution in [0, 0.1) is 11.8 Å². The number of benzene rings is 9. The van der Waals surface area contributed by atoms with Crippen molar-refractivity contribution in [3.05, 3.63) is 212 Å². The zero-order chi connectivity index (χ0) is 85.7. The summed E-state index contributed by atoms with van der Waals surface area (Å²) in [6, 6.07) is 31.9. The molecule has 2 unspecified atom stereocenters. The van der Waals surface area contributed by atoms with E-state index in [1.165, 1.54) is 34.1 Å².